The fourth-order valence-corrected chi connectivity index (χ4v) is 3.04. The Labute approximate surface area is 145 Å². The average Bonchev–Trinajstić information content (AvgIpc) is 2.61. The van der Waals surface area contributed by atoms with E-state index in [2.05, 4.69) is 61.3 Å². The van der Waals surface area contributed by atoms with Crippen LogP contribution in [0.2, 0.25) is 0 Å². The monoisotopic (exact) mass is 373 g/mol. The van der Waals surface area contributed by atoms with E-state index in [1.807, 2.05) is 24.4 Å². The molecule has 0 saturated carbocycles. The standard InChI is InChI=1S/C18H20BrN3O/c1-23-18-8-7-16(19)13-15(18)14-20-22-11-9-21(10-12-22)17-5-3-2-4-6-17/h2-8,13-14H,9-12H2,1H3. The minimum Gasteiger partial charge on any atom is -0.496 e. The molecule has 0 N–H and O–H groups in total. The zero-order valence-corrected chi connectivity index (χ0v) is 14.7. The number of para-hydroxylation sites is 1. The van der Waals surface area contributed by atoms with Gasteiger partial charge in [-0.25, -0.2) is 0 Å². The van der Waals surface area contributed by atoms with Crippen LogP contribution in [0, 0.1) is 0 Å². The van der Waals surface area contributed by atoms with Crippen molar-refractivity contribution >= 4 is 27.8 Å². The molecule has 0 unspecified atom stereocenters. The molecule has 2 aromatic rings. The first-order chi connectivity index (χ1) is 11.3. The molecule has 2 aromatic carbocycles. The number of hydrogen-bond acceptors (Lipinski definition) is 4. The summed E-state index contributed by atoms with van der Waals surface area (Å²) in [5.74, 6) is 0.833. The van der Waals surface area contributed by atoms with Crippen molar-refractivity contribution in [3.8, 4) is 5.75 Å². The summed E-state index contributed by atoms with van der Waals surface area (Å²) < 4.78 is 6.40. The number of rotatable bonds is 4. The van der Waals surface area contributed by atoms with Crippen LogP contribution in [0.15, 0.2) is 58.1 Å². The van der Waals surface area contributed by atoms with Gasteiger partial charge in [-0.15, -0.1) is 0 Å². The lowest BCUT2D eigenvalue weighted by molar-refractivity contribution is 0.272. The smallest absolute Gasteiger partial charge is 0.127 e. The molecule has 0 spiro atoms. The highest BCUT2D eigenvalue weighted by Gasteiger charge is 2.15. The van der Waals surface area contributed by atoms with Gasteiger partial charge in [0.05, 0.1) is 26.4 Å². The maximum Gasteiger partial charge on any atom is 0.127 e. The Morgan fingerprint density at radius 1 is 1.04 bits per heavy atom. The third-order valence-electron chi connectivity index (χ3n) is 3.93. The summed E-state index contributed by atoms with van der Waals surface area (Å²) in [6, 6.07) is 16.5. The number of nitrogens with zero attached hydrogens (tertiary/aromatic N) is 3. The summed E-state index contributed by atoms with van der Waals surface area (Å²) in [5, 5.41) is 6.72. The summed E-state index contributed by atoms with van der Waals surface area (Å²) >= 11 is 3.49. The second-order valence-electron chi connectivity index (χ2n) is 5.41. The van der Waals surface area contributed by atoms with Gasteiger partial charge in [0.15, 0.2) is 0 Å². The van der Waals surface area contributed by atoms with Gasteiger partial charge in [0.1, 0.15) is 5.75 Å². The van der Waals surface area contributed by atoms with Crippen molar-refractivity contribution in [1.82, 2.24) is 5.01 Å². The molecule has 0 amide bonds. The summed E-state index contributed by atoms with van der Waals surface area (Å²) in [4.78, 5) is 2.39. The predicted octanol–water partition coefficient (Wildman–Crippen LogP) is 3.61. The van der Waals surface area contributed by atoms with Crippen molar-refractivity contribution in [2.24, 2.45) is 5.10 Å². The van der Waals surface area contributed by atoms with E-state index in [9.17, 15) is 0 Å². The van der Waals surface area contributed by atoms with Crippen molar-refractivity contribution in [2.45, 2.75) is 0 Å². The van der Waals surface area contributed by atoms with E-state index in [0.29, 0.717) is 0 Å². The first-order valence-corrected chi connectivity index (χ1v) is 8.48. The van der Waals surface area contributed by atoms with Crippen LogP contribution in [0.4, 0.5) is 5.69 Å². The second kappa shape index (κ2) is 7.51. The molecule has 1 heterocycles. The SMILES string of the molecule is COc1ccc(Br)cc1C=NN1CCN(c2ccccc2)CC1. The van der Waals surface area contributed by atoms with Gasteiger partial charge >= 0.3 is 0 Å². The molecule has 5 heteroatoms. The summed E-state index contributed by atoms with van der Waals surface area (Å²) in [6.45, 7) is 3.80. The van der Waals surface area contributed by atoms with Gasteiger partial charge in [0.25, 0.3) is 0 Å². The molecule has 1 saturated heterocycles. The zero-order chi connectivity index (χ0) is 16.1. The number of hydrazone groups is 1. The average molecular weight is 374 g/mol. The van der Waals surface area contributed by atoms with Crippen molar-refractivity contribution in [3.05, 3.63) is 58.6 Å². The zero-order valence-electron chi connectivity index (χ0n) is 13.2. The maximum absolute atomic E-state index is 5.38. The Morgan fingerprint density at radius 2 is 1.78 bits per heavy atom. The normalized spacial score (nSPS) is 15.2. The molecular formula is C18H20BrN3O. The fourth-order valence-electron chi connectivity index (χ4n) is 2.66. The number of methoxy groups -OCH3 is 1. The van der Waals surface area contributed by atoms with Crippen molar-refractivity contribution in [1.29, 1.82) is 0 Å². The number of anilines is 1. The van der Waals surface area contributed by atoms with Crippen LogP contribution >= 0.6 is 15.9 Å². The Hall–Kier alpha value is -2.01. The van der Waals surface area contributed by atoms with Crippen LogP contribution in [-0.4, -0.2) is 44.5 Å². The highest BCUT2D eigenvalue weighted by atomic mass is 79.9. The van der Waals surface area contributed by atoms with Gasteiger partial charge in [-0.3, -0.25) is 5.01 Å². The minimum absolute atomic E-state index is 0.833. The van der Waals surface area contributed by atoms with E-state index in [-0.39, 0.29) is 0 Å². The predicted molar refractivity (Wildman–Crippen MR) is 98.5 cm³/mol. The quantitative estimate of drug-likeness (QED) is 0.766. The minimum atomic E-state index is 0.833. The molecule has 3 rings (SSSR count). The van der Waals surface area contributed by atoms with E-state index in [0.717, 1.165) is 42.0 Å². The Bertz CT molecular complexity index is 667. The van der Waals surface area contributed by atoms with E-state index in [1.54, 1.807) is 7.11 Å². The maximum atomic E-state index is 5.38. The second-order valence-corrected chi connectivity index (χ2v) is 6.32. The summed E-state index contributed by atoms with van der Waals surface area (Å²) in [7, 11) is 1.68. The van der Waals surface area contributed by atoms with E-state index < -0.39 is 0 Å². The summed E-state index contributed by atoms with van der Waals surface area (Å²) in [5.41, 5.74) is 2.26. The van der Waals surface area contributed by atoms with Crippen LogP contribution in [0.3, 0.4) is 0 Å². The molecule has 0 aliphatic carbocycles. The van der Waals surface area contributed by atoms with Crippen molar-refractivity contribution in [3.63, 3.8) is 0 Å². The van der Waals surface area contributed by atoms with Crippen molar-refractivity contribution in [2.75, 3.05) is 38.2 Å². The number of ether oxygens (including phenoxy) is 1. The lowest BCUT2D eigenvalue weighted by Crippen LogP contribution is -2.44. The Morgan fingerprint density at radius 3 is 2.48 bits per heavy atom. The van der Waals surface area contributed by atoms with E-state index >= 15 is 0 Å². The van der Waals surface area contributed by atoms with Crippen molar-refractivity contribution < 1.29 is 4.74 Å². The Balaban J connectivity index is 1.62. The van der Waals surface area contributed by atoms with Gasteiger partial charge in [-0.05, 0) is 30.3 Å². The Kier molecular flexibility index (Phi) is 5.18. The lowest BCUT2D eigenvalue weighted by atomic mass is 10.2. The van der Waals surface area contributed by atoms with Crippen LogP contribution in [0.1, 0.15) is 5.56 Å². The molecule has 23 heavy (non-hydrogen) atoms. The molecule has 1 fully saturated rings. The number of benzene rings is 2. The first-order valence-electron chi connectivity index (χ1n) is 7.69. The molecular weight excluding hydrogens is 354 g/mol. The van der Waals surface area contributed by atoms with E-state index in [1.165, 1.54) is 5.69 Å². The fraction of sp³-hybridized carbons (Fsp3) is 0.278. The van der Waals surface area contributed by atoms with Gasteiger partial charge < -0.3 is 9.64 Å². The number of halogens is 1. The lowest BCUT2D eigenvalue weighted by Gasteiger charge is -2.34. The van der Waals surface area contributed by atoms with Gasteiger partial charge in [0.2, 0.25) is 0 Å². The third kappa shape index (κ3) is 4.05. The van der Waals surface area contributed by atoms with Crippen LogP contribution < -0.4 is 9.64 Å². The topological polar surface area (TPSA) is 28.1 Å². The molecule has 120 valence electrons. The first kappa shape index (κ1) is 15.9. The van der Waals surface area contributed by atoms with Gasteiger partial charge in [-0.1, -0.05) is 34.1 Å². The van der Waals surface area contributed by atoms with Crippen LogP contribution in [0.5, 0.6) is 5.75 Å². The van der Waals surface area contributed by atoms with Crippen LogP contribution in [0.25, 0.3) is 0 Å². The van der Waals surface area contributed by atoms with Gasteiger partial charge in [0, 0.05) is 28.8 Å². The highest BCUT2D eigenvalue weighted by molar-refractivity contribution is 9.10. The molecule has 0 bridgehead atoms. The van der Waals surface area contributed by atoms with Gasteiger partial charge in [-0.2, -0.15) is 5.10 Å². The summed E-state index contributed by atoms with van der Waals surface area (Å²) in [6.07, 6.45) is 1.88. The number of hydrogen-bond donors (Lipinski definition) is 0. The largest absolute Gasteiger partial charge is 0.496 e. The molecule has 0 radical (unpaired) electrons. The molecule has 4 nitrogen and oxygen atoms in total. The molecule has 0 atom stereocenters. The molecule has 1 aliphatic rings. The number of piperazine rings is 1. The third-order valence-corrected chi connectivity index (χ3v) is 4.42. The highest BCUT2D eigenvalue weighted by Crippen LogP contribution is 2.21. The van der Waals surface area contributed by atoms with Crippen LogP contribution in [-0.2, 0) is 0 Å². The molecule has 1 aliphatic heterocycles. The molecule has 0 aromatic heterocycles. The van der Waals surface area contributed by atoms with E-state index in [4.69, 9.17) is 4.74 Å².